The molecular weight excluding hydrogens is 1110 g/mol. The molecule has 498 valence electrons. The third-order valence-electron chi connectivity index (χ3n) is 15.2. The molecular formula is C65H126O17P2. The van der Waals surface area contributed by atoms with Gasteiger partial charge in [-0.3, -0.25) is 37.3 Å². The van der Waals surface area contributed by atoms with E-state index in [1.54, 1.807) is 0 Å². The Labute approximate surface area is 511 Å². The van der Waals surface area contributed by atoms with Gasteiger partial charge >= 0.3 is 39.5 Å². The van der Waals surface area contributed by atoms with Crippen LogP contribution in [0.1, 0.15) is 318 Å². The molecule has 0 amide bonds. The fourth-order valence-corrected chi connectivity index (χ4v) is 11.2. The van der Waals surface area contributed by atoms with E-state index in [2.05, 4.69) is 48.5 Å². The molecule has 0 fully saturated rings. The highest BCUT2D eigenvalue weighted by Gasteiger charge is 2.30. The molecule has 0 bridgehead atoms. The topological polar surface area (TPSA) is 237 Å². The Kier molecular flexibility index (Phi) is 55.0. The lowest BCUT2D eigenvalue weighted by Crippen LogP contribution is -2.30. The van der Waals surface area contributed by atoms with E-state index in [4.69, 9.17) is 37.0 Å². The number of aliphatic hydroxyl groups is 1. The summed E-state index contributed by atoms with van der Waals surface area (Å²) in [4.78, 5) is 72.0. The molecule has 0 saturated heterocycles. The first-order chi connectivity index (χ1) is 40.3. The van der Waals surface area contributed by atoms with Gasteiger partial charge in [-0.05, 0) is 43.4 Å². The van der Waals surface area contributed by atoms with Crippen molar-refractivity contribution in [1.82, 2.24) is 0 Å². The van der Waals surface area contributed by atoms with Crippen molar-refractivity contribution < 1.29 is 80.2 Å². The molecule has 0 saturated carbocycles. The van der Waals surface area contributed by atoms with Crippen LogP contribution in [-0.2, 0) is 65.4 Å². The van der Waals surface area contributed by atoms with E-state index >= 15 is 0 Å². The van der Waals surface area contributed by atoms with Gasteiger partial charge in [0.25, 0.3) is 0 Å². The standard InChI is InChI=1S/C65H126O17P2/c1-8-10-11-29-39-46-62(67)75-52-60(81-65(70)49-42-35-28-22-24-31-37-44-57(5)6)54-79-83(71,72)77-50-59(66)51-78-84(73,74)80-55-61(53-76-63(68)47-40-33-26-21-20-25-32-38-45-58(7)9-2)82-64(69)48-41-34-27-19-17-15-13-12-14-16-18-23-30-36-43-56(3)4/h56-61,66H,8-55H2,1-7H3,(H,71,72)(H,73,74)/t58?,59-,60+,61+/m0/s1. The molecule has 0 aromatic heterocycles. The molecule has 0 aromatic carbocycles. The highest BCUT2D eigenvalue weighted by atomic mass is 31.2. The summed E-state index contributed by atoms with van der Waals surface area (Å²) >= 11 is 0. The Hall–Kier alpha value is -1.94. The average molecular weight is 1240 g/mol. The smallest absolute Gasteiger partial charge is 0.462 e. The van der Waals surface area contributed by atoms with Gasteiger partial charge in [0.1, 0.15) is 19.3 Å². The number of hydrogen-bond acceptors (Lipinski definition) is 15. The Bertz CT molecular complexity index is 1670. The average Bonchev–Trinajstić information content (AvgIpc) is 3.45. The third-order valence-corrected chi connectivity index (χ3v) is 17.1. The van der Waals surface area contributed by atoms with Crippen LogP contribution >= 0.6 is 15.6 Å². The highest BCUT2D eigenvalue weighted by Crippen LogP contribution is 2.45. The van der Waals surface area contributed by atoms with E-state index in [0.717, 1.165) is 108 Å². The summed E-state index contributed by atoms with van der Waals surface area (Å²) in [7, 11) is -9.88. The molecule has 84 heavy (non-hydrogen) atoms. The summed E-state index contributed by atoms with van der Waals surface area (Å²) in [5.74, 6) is 0.122. The molecule has 17 nitrogen and oxygen atoms in total. The van der Waals surface area contributed by atoms with Gasteiger partial charge in [0.05, 0.1) is 26.4 Å². The molecule has 0 aromatic rings. The SMILES string of the molecule is CCCCCCCC(=O)OC[C@H](COP(=O)(O)OC[C@H](O)COP(=O)(O)OC[C@@H](COC(=O)CCCCCCCCCCC(C)CC)OC(=O)CCCCCCCCCCCCCCCCC(C)C)OC(=O)CCCCCCCCCC(C)C. The Morgan fingerprint density at radius 2 is 0.607 bits per heavy atom. The number of esters is 4. The number of rotatable bonds is 63. The van der Waals surface area contributed by atoms with Gasteiger partial charge in [-0.25, -0.2) is 9.13 Å². The second-order valence-corrected chi connectivity index (χ2v) is 27.6. The second kappa shape index (κ2) is 56.3. The van der Waals surface area contributed by atoms with Crippen LogP contribution in [0.5, 0.6) is 0 Å². The number of aliphatic hydroxyl groups excluding tert-OH is 1. The minimum absolute atomic E-state index is 0.102. The predicted octanol–water partition coefficient (Wildman–Crippen LogP) is 17.9. The molecule has 3 N–H and O–H groups in total. The quantitative estimate of drug-likeness (QED) is 0.0222. The monoisotopic (exact) mass is 1240 g/mol. The third kappa shape index (κ3) is 57.8. The molecule has 0 aliphatic carbocycles. The zero-order valence-corrected chi connectivity index (χ0v) is 56.1. The molecule has 0 radical (unpaired) electrons. The van der Waals surface area contributed by atoms with Crippen LogP contribution < -0.4 is 0 Å². The number of ether oxygens (including phenoxy) is 4. The van der Waals surface area contributed by atoms with Crippen LogP contribution in [0.25, 0.3) is 0 Å². The minimum atomic E-state index is -4.95. The van der Waals surface area contributed by atoms with Crippen molar-refractivity contribution in [2.45, 2.75) is 336 Å². The first kappa shape index (κ1) is 82.1. The zero-order chi connectivity index (χ0) is 62.4. The fraction of sp³-hybridized carbons (Fsp3) is 0.938. The van der Waals surface area contributed by atoms with Gasteiger partial charge in [0, 0.05) is 25.7 Å². The maximum absolute atomic E-state index is 13.0. The normalized spacial score (nSPS) is 14.7. The maximum Gasteiger partial charge on any atom is 0.472 e. The van der Waals surface area contributed by atoms with Gasteiger partial charge in [0.15, 0.2) is 12.2 Å². The molecule has 6 atom stereocenters. The molecule has 0 heterocycles. The summed E-state index contributed by atoms with van der Waals surface area (Å²) in [6.07, 6.45) is 38.0. The van der Waals surface area contributed by atoms with E-state index in [1.165, 1.54) is 122 Å². The van der Waals surface area contributed by atoms with E-state index in [9.17, 15) is 43.2 Å². The van der Waals surface area contributed by atoms with Crippen molar-refractivity contribution in [3.05, 3.63) is 0 Å². The Morgan fingerprint density at radius 1 is 0.345 bits per heavy atom. The van der Waals surface area contributed by atoms with E-state index < -0.39 is 97.5 Å². The fourth-order valence-electron chi connectivity index (χ4n) is 9.62. The molecule has 0 aliphatic rings. The molecule has 0 aliphatic heterocycles. The summed E-state index contributed by atoms with van der Waals surface area (Å²) in [6.45, 7) is 11.7. The van der Waals surface area contributed by atoms with Crippen LogP contribution in [0.4, 0.5) is 0 Å². The first-order valence-electron chi connectivity index (χ1n) is 33.9. The van der Waals surface area contributed by atoms with Crippen LogP contribution in [0.2, 0.25) is 0 Å². The van der Waals surface area contributed by atoms with Crippen LogP contribution in [0, 0.1) is 17.8 Å². The van der Waals surface area contributed by atoms with E-state index in [1.807, 2.05) is 0 Å². The van der Waals surface area contributed by atoms with Gasteiger partial charge < -0.3 is 33.8 Å². The Morgan fingerprint density at radius 3 is 0.905 bits per heavy atom. The van der Waals surface area contributed by atoms with E-state index in [-0.39, 0.29) is 25.7 Å². The first-order valence-corrected chi connectivity index (χ1v) is 36.9. The van der Waals surface area contributed by atoms with Crippen molar-refractivity contribution in [3.63, 3.8) is 0 Å². The zero-order valence-electron chi connectivity index (χ0n) is 54.4. The highest BCUT2D eigenvalue weighted by molar-refractivity contribution is 7.47. The van der Waals surface area contributed by atoms with Crippen molar-refractivity contribution in [3.8, 4) is 0 Å². The Balaban J connectivity index is 5.17. The molecule has 0 rings (SSSR count). The number of hydrogen-bond donors (Lipinski definition) is 3. The predicted molar refractivity (Wildman–Crippen MR) is 335 cm³/mol. The van der Waals surface area contributed by atoms with Crippen LogP contribution in [0.15, 0.2) is 0 Å². The minimum Gasteiger partial charge on any atom is -0.462 e. The number of phosphoric acid groups is 2. The van der Waals surface area contributed by atoms with Crippen molar-refractivity contribution in [2.75, 3.05) is 39.6 Å². The summed E-state index contributed by atoms with van der Waals surface area (Å²) in [6, 6.07) is 0. The largest absolute Gasteiger partial charge is 0.472 e. The molecule has 0 spiro atoms. The second-order valence-electron chi connectivity index (χ2n) is 24.7. The summed E-state index contributed by atoms with van der Waals surface area (Å²) in [5.41, 5.74) is 0. The van der Waals surface area contributed by atoms with Gasteiger partial charge in [0.2, 0.25) is 0 Å². The van der Waals surface area contributed by atoms with Crippen molar-refractivity contribution in [2.24, 2.45) is 17.8 Å². The van der Waals surface area contributed by atoms with Crippen molar-refractivity contribution >= 4 is 39.5 Å². The van der Waals surface area contributed by atoms with Gasteiger partial charge in [-0.2, -0.15) is 0 Å². The number of phosphoric ester groups is 2. The number of carbonyl (C=O) groups is 4. The van der Waals surface area contributed by atoms with Gasteiger partial charge in [-0.15, -0.1) is 0 Å². The number of unbranched alkanes of at least 4 members (excludes halogenated alkanes) is 30. The summed E-state index contributed by atoms with van der Waals surface area (Å²) < 4.78 is 67.8. The van der Waals surface area contributed by atoms with Crippen LogP contribution in [0.3, 0.4) is 0 Å². The lowest BCUT2D eigenvalue weighted by atomic mass is 9.99. The maximum atomic E-state index is 13.0. The molecule has 19 heteroatoms. The van der Waals surface area contributed by atoms with Crippen molar-refractivity contribution in [1.29, 1.82) is 0 Å². The van der Waals surface area contributed by atoms with Crippen LogP contribution in [-0.4, -0.2) is 96.7 Å². The lowest BCUT2D eigenvalue weighted by Gasteiger charge is -2.21. The van der Waals surface area contributed by atoms with E-state index in [0.29, 0.717) is 31.6 Å². The summed E-state index contributed by atoms with van der Waals surface area (Å²) in [5, 5.41) is 10.5. The molecule has 3 unspecified atom stereocenters. The van der Waals surface area contributed by atoms with Gasteiger partial charge in [-0.1, -0.05) is 267 Å². The lowest BCUT2D eigenvalue weighted by molar-refractivity contribution is -0.161. The number of carbonyl (C=O) groups excluding carboxylic acids is 4.